The number of methoxy groups -OCH3 is 2. The first-order valence-electron chi connectivity index (χ1n) is 8.57. The average molecular weight is 398 g/mol. The van der Waals surface area contributed by atoms with Crippen molar-refractivity contribution in [3.05, 3.63) is 76.9 Å². The molecule has 1 amide bonds. The zero-order valence-corrected chi connectivity index (χ0v) is 16.3. The fraction of sp³-hybridized carbons (Fsp3) is 0.143. The molecule has 0 aliphatic heterocycles. The monoisotopic (exact) mass is 397 g/mol. The first kappa shape index (κ1) is 19.5. The number of nitrogens with one attached hydrogen (secondary N) is 2. The third kappa shape index (κ3) is 4.72. The molecule has 3 rings (SSSR count). The minimum Gasteiger partial charge on any atom is -0.495 e. The van der Waals surface area contributed by atoms with Gasteiger partial charge in [0.15, 0.2) is 0 Å². The highest BCUT2D eigenvalue weighted by molar-refractivity contribution is 6.32. The van der Waals surface area contributed by atoms with Gasteiger partial charge in [0.25, 0.3) is 5.91 Å². The molecule has 0 unspecified atom stereocenters. The summed E-state index contributed by atoms with van der Waals surface area (Å²) in [5.41, 5.74) is 2.04. The topological polar surface area (TPSA) is 72.5 Å². The summed E-state index contributed by atoms with van der Waals surface area (Å²) in [7, 11) is 3.01. The number of nitrogens with zero attached hydrogens (tertiary/aromatic N) is 1. The summed E-state index contributed by atoms with van der Waals surface area (Å²) in [5.74, 6) is 1.19. The number of aromatic nitrogens is 1. The second kappa shape index (κ2) is 9.10. The van der Waals surface area contributed by atoms with Gasteiger partial charge in [-0.15, -0.1) is 0 Å². The summed E-state index contributed by atoms with van der Waals surface area (Å²) in [6.45, 7) is 0.612. The number of anilines is 2. The van der Waals surface area contributed by atoms with Crippen molar-refractivity contribution in [3.8, 4) is 11.5 Å². The maximum Gasteiger partial charge on any atom is 0.255 e. The maximum atomic E-state index is 12.7. The van der Waals surface area contributed by atoms with E-state index in [-0.39, 0.29) is 5.91 Å². The molecule has 0 aliphatic rings. The van der Waals surface area contributed by atoms with Gasteiger partial charge in [-0.1, -0.05) is 41.9 Å². The lowest BCUT2D eigenvalue weighted by Crippen LogP contribution is -2.13. The van der Waals surface area contributed by atoms with Gasteiger partial charge in [0.05, 0.1) is 24.9 Å². The van der Waals surface area contributed by atoms with Crippen LogP contribution in [-0.4, -0.2) is 25.1 Å². The molecular formula is C21H20ClN3O3. The Labute approximate surface area is 168 Å². The van der Waals surface area contributed by atoms with Crippen molar-refractivity contribution in [2.24, 2.45) is 0 Å². The predicted molar refractivity (Wildman–Crippen MR) is 111 cm³/mol. The van der Waals surface area contributed by atoms with Crippen LogP contribution >= 0.6 is 11.6 Å². The van der Waals surface area contributed by atoms with Gasteiger partial charge in [-0.2, -0.15) is 0 Å². The Morgan fingerprint density at radius 1 is 1.04 bits per heavy atom. The molecule has 0 fully saturated rings. The van der Waals surface area contributed by atoms with Gasteiger partial charge in [0.1, 0.15) is 17.3 Å². The highest BCUT2D eigenvalue weighted by atomic mass is 35.5. The third-order valence-electron chi connectivity index (χ3n) is 4.06. The lowest BCUT2D eigenvalue weighted by molar-refractivity contribution is 0.102. The number of hydrogen-bond acceptors (Lipinski definition) is 5. The van der Waals surface area contributed by atoms with Gasteiger partial charge in [0, 0.05) is 30.4 Å². The van der Waals surface area contributed by atoms with E-state index in [2.05, 4.69) is 15.6 Å². The number of pyridine rings is 1. The van der Waals surface area contributed by atoms with Gasteiger partial charge < -0.3 is 20.1 Å². The van der Waals surface area contributed by atoms with E-state index in [0.29, 0.717) is 40.1 Å². The quantitative estimate of drug-likeness (QED) is 0.608. The number of hydrogen-bond donors (Lipinski definition) is 2. The van der Waals surface area contributed by atoms with Crippen molar-refractivity contribution in [2.75, 3.05) is 24.9 Å². The van der Waals surface area contributed by atoms with Crippen LogP contribution in [0, 0.1) is 0 Å². The minimum atomic E-state index is -0.298. The molecule has 0 bridgehead atoms. The number of amides is 1. The van der Waals surface area contributed by atoms with Crippen LogP contribution in [0.2, 0.25) is 5.02 Å². The van der Waals surface area contributed by atoms with E-state index in [1.54, 1.807) is 30.5 Å². The Morgan fingerprint density at radius 3 is 2.50 bits per heavy atom. The molecule has 28 heavy (non-hydrogen) atoms. The first-order valence-corrected chi connectivity index (χ1v) is 8.95. The van der Waals surface area contributed by atoms with Crippen LogP contribution in [0.25, 0.3) is 0 Å². The van der Waals surface area contributed by atoms with Crippen LogP contribution in [0.1, 0.15) is 15.9 Å². The average Bonchev–Trinajstić information content (AvgIpc) is 2.74. The Hall–Kier alpha value is -3.25. The standard InChI is InChI=1S/C21H20ClN3O3/c1-27-18-12-17(19(28-2)11-16(18)22)25-21(26)15-8-9-23-20(10-15)24-13-14-6-4-3-5-7-14/h3-12H,13H2,1-2H3,(H,23,24)(H,25,26). The molecule has 0 saturated carbocycles. The zero-order valence-electron chi connectivity index (χ0n) is 15.5. The molecule has 0 spiro atoms. The van der Waals surface area contributed by atoms with E-state index in [4.69, 9.17) is 21.1 Å². The van der Waals surface area contributed by atoms with Crippen LogP contribution in [0.3, 0.4) is 0 Å². The summed E-state index contributed by atoms with van der Waals surface area (Å²) < 4.78 is 10.5. The Bertz CT molecular complexity index is 964. The van der Waals surface area contributed by atoms with Gasteiger partial charge in [-0.25, -0.2) is 4.98 Å². The molecule has 6 nitrogen and oxygen atoms in total. The van der Waals surface area contributed by atoms with E-state index in [9.17, 15) is 4.79 Å². The van der Waals surface area contributed by atoms with E-state index < -0.39 is 0 Å². The van der Waals surface area contributed by atoms with E-state index in [0.717, 1.165) is 5.56 Å². The lowest BCUT2D eigenvalue weighted by atomic mass is 10.2. The smallest absolute Gasteiger partial charge is 0.255 e. The molecule has 3 aromatic rings. The van der Waals surface area contributed by atoms with Crippen LogP contribution in [0.4, 0.5) is 11.5 Å². The zero-order chi connectivity index (χ0) is 19.9. The largest absolute Gasteiger partial charge is 0.495 e. The van der Waals surface area contributed by atoms with Crippen molar-refractivity contribution in [1.29, 1.82) is 0 Å². The number of ether oxygens (including phenoxy) is 2. The van der Waals surface area contributed by atoms with Crippen LogP contribution in [0.5, 0.6) is 11.5 Å². The van der Waals surface area contributed by atoms with Gasteiger partial charge in [-0.05, 0) is 17.7 Å². The molecule has 2 N–H and O–H groups in total. The Kier molecular flexibility index (Phi) is 6.34. The fourth-order valence-corrected chi connectivity index (χ4v) is 2.84. The van der Waals surface area contributed by atoms with Crippen molar-refractivity contribution in [3.63, 3.8) is 0 Å². The molecule has 0 aliphatic carbocycles. The minimum absolute atomic E-state index is 0.298. The summed E-state index contributed by atoms with van der Waals surface area (Å²) in [6, 6.07) is 16.5. The first-order chi connectivity index (χ1) is 13.6. The van der Waals surface area contributed by atoms with Gasteiger partial charge in [0.2, 0.25) is 0 Å². The number of benzene rings is 2. The third-order valence-corrected chi connectivity index (χ3v) is 4.36. The molecular weight excluding hydrogens is 378 g/mol. The number of carbonyl (C=O) groups excluding carboxylic acids is 1. The number of carbonyl (C=O) groups is 1. The fourth-order valence-electron chi connectivity index (χ4n) is 2.61. The molecule has 144 valence electrons. The molecule has 1 aromatic heterocycles. The summed E-state index contributed by atoms with van der Waals surface area (Å²) in [5, 5.41) is 6.43. The normalized spacial score (nSPS) is 10.2. The molecule has 7 heteroatoms. The molecule has 0 saturated heterocycles. The molecule has 2 aromatic carbocycles. The SMILES string of the molecule is COc1cc(NC(=O)c2ccnc(NCc3ccccc3)c2)c(OC)cc1Cl. The van der Waals surface area contributed by atoms with E-state index in [1.807, 2.05) is 30.3 Å². The number of halogens is 1. The molecule has 0 radical (unpaired) electrons. The summed E-state index contributed by atoms with van der Waals surface area (Å²) in [6.07, 6.45) is 1.59. The highest BCUT2D eigenvalue weighted by Gasteiger charge is 2.14. The van der Waals surface area contributed by atoms with Crippen LogP contribution < -0.4 is 20.1 Å². The number of rotatable bonds is 7. The summed E-state index contributed by atoms with van der Waals surface area (Å²) in [4.78, 5) is 17.0. The predicted octanol–water partition coefficient (Wildman–Crippen LogP) is 4.62. The van der Waals surface area contributed by atoms with Crippen molar-refractivity contribution in [1.82, 2.24) is 4.98 Å². The van der Waals surface area contributed by atoms with Gasteiger partial charge in [-0.3, -0.25) is 4.79 Å². The Balaban J connectivity index is 1.74. The summed E-state index contributed by atoms with van der Waals surface area (Å²) >= 11 is 6.11. The Morgan fingerprint density at radius 2 is 1.79 bits per heavy atom. The molecule has 0 atom stereocenters. The highest BCUT2D eigenvalue weighted by Crippen LogP contribution is 2.36. The van der Waals surface area contributed by atoms with E-state index in [1.165, 1.54) is 14.2 Å². The van der Waals surface area contributed by atoms with Crippen molar-refractivity contribution < 1.29 is 14.3 Å². The van der Waals surface area contributed by atoms with Gasteiger partial charge >= 0.3 is 0 Å². The lowest BCUT2D eigenvalue weighted by Gasteiger charge is -2.13. The van der Waals surface area contributed by atoms with Crippen molar-refractivity contribution in [2.45, 2.75) is 6.54 Å². The molecule has 1 heterocycles. The second-order valence-electron chi connectivity index (χ2n) is 5.91. The van der Waals surface area contributed by atoms with E-state index >= 15 is 0 Å². The van der Waals surface area contributed by atoms with Crippen LogP contribution in [-0.2, 0) is 6.54 Å². The second-order valence-corrected chi connectivity index (χ2v) is 6.32. The maximum absolute atomic E-state index is 12.7. The van der Waals surface area contributed by atoms with Crippen LogP contribution in [0.15, 0.2) is 60.8 Å². The van der Waals surface area contributed by atoms with Crippen molar-refractivity contribution >= 4 is 29.0 Å².